The standard InChI is InChI=1S/C35H39FN4O6/c1-7-20-12-22-13-23(14-26(45-6)28(22)37-16-20)31(41)38-18-35(5,44)27-15-25-30(29(40-27)21-8-10-24(36)11-9-21)46-19-34(25,4)32(42)39-17-33(2,3)43/h8-16,43-44H,7,17-19H2,1-6H3,(H,38,41)(H,39,42)/t34-,35-/m0/s1. The Morgan fingerprint density at radius 3 is 2.43 bits per heavy atom. The number of pyridine rings is 2. The summed E-state index contributed by atoms with van der Waals surface area (Å²) >= 11 is 0. The first-order chi connectivity index (χ1) is 21.6. The Morgan fingerprint density at radius 1 is 1.07 bits per heavy atom. The van der Waals surface area contributed by atoms with Crippen molar-refractivity contribution in [3.05, 3.63) is 82.9 Å². The van der Waals surface area contributed by atoms with Gasteiger partial charge in [0.15, 0.2) is 0 Å². The van der Waals surface area contributed by atoms with Crippen molar-refractivity contribution in [3.63, 3.8) is 0 Å². The van der Waals surface area contributed by atoms with E-state index in [0.29, 0.717) is 39.4 Å². The molecule has 0 bridgehead atoms. The van der Waals surface area contributed by atoms with E-state index in [2.05, 4.69) is 15.6 Å². The van der Waals surface area contributed by atoms with Gasteiger partial charge in [0.25, 0.3) is 5.91 Å². The van der Waals surface area contributed by atoms with Crippen LogP contribution in [0, 0.1) is 5.82 Å². The third-order valence-corrected chi connectivity index (χ3v) is 8.21. The largest absolute Gasteiger partial charge is 0.494 e. The number of aryl methyl sites for hydroxylation is 1. The van der Waals surface area contributed by atoms with Crippen LogP contribution in [-0.2, 0) is 22.2 Å². The number of nitrogens with zero attached hydrogens (tertiary/aromatic N) is 2. The molecule has 4 N–H and O–H groups in total. The van der Waals surface area contributed by atoms with Crippen molar-refractivity contribution in [2.24, 2.45) is 0 Å². The molecule has 3 heterocycles. The van der Waals surface area contributed by atoms with Crippen LogP contribution < -0.4 is 20.1 Å². The van der Waals surface area contributed by atoms with Crippen LogP contribution in [0.2, 0.25) is 0 Å². The summed E-state index contributed by atoms with van der Waals surface area (Å²) in [6.07, 6.45) is 2.56. The SMILES string of the molecule is CCc1cnc2c(OC)cc(C(=O)NC[C@](C)(O)c3cc4c(c(-c5ccc(F)cc5)n3)OC[C@]4(C)C(=O)NCC(C)(C)O)cc2c1. The van der Waals surface area contributed by atoms with Crippen molar-refractivity contribution < 1.29 is 33.7 Å². The lowest BCUT2D eigenvalue weighted by molar-refractivity contribution is -0.127. The molecule has 0 unspecified atom stereocenters. The van der Waals surface area contributed by atoms with Gasteiger partial charge in [0.2, 0.25) is 5.91 Å². The normalized spacial score (nSPS) is 17.2. The van der Waals surface area contributed by atoms with Crippen LogP contribution >= 0.6 is 0 Å². The van der Waals surface area contributed by atoms with Gasteiger partial charge in [0.1, 0.15) is 46.1 Å². The van der Waals surface area contributed by atoms with Crippen LogP contribution in [0.5, 0.6) is 11.5 Å². The van der Waals surface area contributed by atoms with Crippen molar-refractivity contribution in [3.8, 4) is 22.8 Å². The topological polar surface area (TPSA) is 143 Å². The minimum atomic E-state index is -1.70. The molecule has 242 valence electrons. The van der Waals surface area contributed by atoms with E-state index >= 15 is 0 Å². The van der Waals surface area contributed by atoms with Gasteiger partial charge in [-0.2, -0.15) is 0 Å². The van der Waals surface area contributed by atoms with E-state index in [1.165, 1.54) is 38.3 Å². The van der Waals surface area contributed by atoms with Gasteiger partial charge in [-0.3, -0.25) is 14.6 Å². The van der Waals surface area contributed by atoms with Crippen LogP contribution in [0.15, 0.2) is 54.7 Å². The fraction of sp³-hybridized carbons (Fsp3) is 0.371. The summed E-state index contributed by atoms with van der Waals surface area (Å²) in [5.41, 5.74) is -0.586. The summed E-state index contributed by atoms with van der Waals surface area (Å²) in [4.78, 5) is 36.1. The molecule has 0 saturated carbocycles. The van der Waals surface area contributed by atoms with E-state index in [4.69, 9.17) is 14.5 Å². The highest BCUT2D eigenvalue weighted by Gasteiger charge is 2.46. The number of hydrogen-bond donors (Lipinski definition) is 4. The molecule has 1 aliphatic rings. The number of benzene rings is 2. The number of amides is 2. The van der Waals surface area contributed by atoms with Crippen molar-refractivity contribution in [2.45, 2.75) is 57.7 Å². The third-order valence-electron chi connectivity index (χ3n) is 8.21. The van der Waals surface area contributed by atoms with Crippen LogP contribution in [0.1, 0.15) is 61.8 Å². The smallest absolute Gasteiger partial charge is 0.251 e. The van der Waals surface area contributed by atoms with Crippen molar-refractivity contribution in [1.82, 2.24) is 20.6 Å². The summed E-state index contributed by atoms with van der Waals surface area (Å²) in [6, 6.07) is 12.5. The molecule has 1 aliphatic heterocycles. The molecule has 11 heteroatoms. The van der Waals surface area contributed by atoms with Gasteiger partial charge in [0, 0.05) is 34.8 Å². The lowest BCUT2D eigenvalue weighted by Crippen LogP contribution is -2.48. The molecule has 2 aromatic heterocycles. The number of methoxy groups -OCH3 is 1. The van der Waals surface area contributed by atoms with Crippen LogP contribution in [0.25, 0.3) is 22.2 Å². The molecule has 0 radical (unpaired) electrons. The van der Waals surface area contributed by atoms with Gasteiger partial charge >= 0.3 is 0 Å². The minimum absolute atomic E-state index is 0.0125. The van der Waals surface area contributed by atoms with E-state index in [-0.39, 0.29) is 31.3 Å². The molecule has 10 nitrogen and oxygen atoms in total. The second-order valence-corrected chi connectivity index (χ2v) is 12.8. The number of rotatable bonds is 10. The number of aliphatic hydroxyl groups is 2. The van der Waals surface area contributed by atoms with Crippen LogP contribution in [-0.4, -0.2) is 64.4 Å². The Morgan fingerprint density at radius 2 is 1.78 bits per heavy atom. The second kappa shape index (κ2) is 12.3. The highest BCUT2D eigenvalue weighted by atomic mass is 19.1. The molecule has 2 atom stereocenters. The first-order valence-electron chi connectivity index (χ1n) is 15.1. The Bertz CT molecular complexity index is 1800. The molecule has 0 saturated heterocycles. The zero-order valence-electron chi connectivity index (χ0n) is 26.8. The number of nitrogens with one attached hydrogen (secondary N) is 2. The lowest BCUT2D eigenvalue weighted by atomic mass is 9.81. The molecule has 4 aromatic rings. The highest BCUT2D eigenvalue weighted by molar-refractivity contribution is 6.00. The van der Waals surface area contributed by atoms with Gasteiger partial charge in [-0.1, -0.05) is 6.92 Å². The lowest BCUT2D eigenvalue weighted by Gasteiger charge is -2.28. The summed E-state index contributed by atoms with van der Waals surface area (Å²) < 4.78 is 25.4. The predicted octanol–water partition coefficient (Wildman–Crippen LogP) is 4.18. The summed E-state index contributed by atoms with van der Waals surface area (Å²) in [7, 11) is 1.51. The number of aromatic nitrogens is 2. The van der Waals surface area contributed by atoms with Gasteiger partial charge in [-0.15, -0.1) is 0 Å². The zero-order chi connectivity index (χ0) is 33.4. The molecule has 2 amide bonds. The molecule has 0 spiro atoms. The number of carbonyl (C=O) groups excluding carboxylic acids is 2. The van der Waals surface area contributed by atoms with Crippen molar-refractivity contribution in [2.75, 3.05) is 26.8 Å². The summed E-state index contributed by atoms with van der Waals surface area (Å²) in [5, 5.41) is 28.3. The average molecular weight is 631 g/mol. The van der Waals surface area contributed by atoms with E-state index in [0.717, 1.165) is 17.4 Å². The first-order valence-corrected chi connectivity index (χ1v) is 15.1. The molecule has 0 fully saturated rings. The van der Waals surface area contributed by atoms with E-state index in [9.17, 15) is 24.2 Å². The average Bonchev–Trinajstić information content (AvgIpc) is 3.38. The number of halogens is 1. The second-order valence-electron chi connectivity index (χ2n) is 12.8. The van der Waals surface area contributed by atoms with Gasteiger partial charge in [-0.05, 0) is 88.2 Å². The minimum Gasteiger partial charge on any atom is -0.494 e. The van der Waals surface area contributed by atoms with Crippen LogP contribution in [0.3, 0.4) is 0 Å². The Hall–Kier alpha value is -4.61. The highest BCUT2D eigenvalue weighted by Crippen LogP contribution is 2.45. The molecular weight excluding hydrogens is 591 g/mol. The molecule has 0 aliphatic carbocycles. The van der Waals surface area contributed by atoms with Gasteiger partial charge < -0.3 is 30.3 Å². The quantitative estimate of drug-likeness (QED) is 0.204. The fourth-order valence-electron chi connectivity index (χ4n) is 5.33. The zero-order valence-corrected chi connectivity index (χ0v) is 26.8. The van der Waals surface area contributed by atoms with E-state index < -0.39 is 28.3 Å². The molecule has 5 rings (SSSR count). The van der Waals surface area contributed by atoms with Crippen molar-refractivity contribution >= 4 is 22.7 Å². The molecule has 46 heavy (non-hydrogen) atoms. The molecular formula is C35H39FN4O6. The van der Waals surface area contributed by atoms with Gasteiger partial charge in [0.05, 0.1) is 24.9 Å². The predicted molar refractivity (Wildman–Crippen MR) is 171 cm³/mol. The van der Waals surface area contributed by atoms with Crippen LogP contribution in [0.4, 0.5) is 4.39 Å². The molecule has 2 aromatic carbocycles. The number of carbonyl (C=O) groups is 2. The van der Waals surface area contributed by atoms with Crippen molar-refractivity contribution in [1.29, 1.82) is 0 Å². The Kier molecular flexibility index (Phi) is 8.76. The monoisotopic (exact) mass is 630 g/mol. The number of fused-ring (bicyclic) bond motifs is 2. The first kappa shape index (κ1) is 32.8. The third kappa shape index (κ3) is 6.52. The van der Waals surface area contributed by atoms with E-state index in [1.807, 2.05) is 13.0 Å². The summed E-state index contributed by atoms with van der Waals surface area (Å²) in [6.45, 7) is 8.18. The maximum atomic E-state index is 13.8. The maximum absolute atomic E-state index is 13.8. The Labute approximate surface area is 267 Å². The fourth-order valence-corrected chi connectivity index (χ4v) is 5.33. The Balaban J connectivity index is 1.49. The number of hydrogen-bond acceptors (Lipinski definition) is 8. The summed E-state index contributed by atoms with van der Waals surface area (Å²) in [5.74, 6) is -0.478. The number of ether oxygens (including phenoxy) is 2. The maximum Gasteiger partial charge on any atom is 0.251 e. The van der Waals surface area contributed by atoms with Gasteiger partial charge in [-0.25, -0.2) is 9.37 Å². The van der Waals surface area contributed by atoms with E-state index in [1.54, 1.807) is 45.2 Å².